The van der Waals surface area contributed by atoms with Crippen LogP contribution in [0.4, 0.5) is 0 Å². The first-order chi connectivity index (χ1) is 12.5. The second-order valence-electron chi connectivity index (χ2n) is 6.12. The Morgan fingerprint density at radius 3 is 2.85 bits per heavy atom. The predicted molar refractivity (Wildman–Crippen MR) is 109 cm³/mol. The highest BCUT2D eigenvalue weighted by atomic mass is 32.2. The number of aromatic nitrogens is 2. The molecule has 26 heavy (non-hydrogen) atoms. The van der Waals surface area contributed by atoms with Crippen LogP contribution >= 0.6 is 23.1 Å². The van der Waals surface area contributed by atoms with Crippen molar-refractivity contribution in [3.63, 3.8) is 0 Å². The molecule has 0 aliphatic rings. The van der Waals surface area contributed by atoms with E-state index in [1.165, 1.54) is 23.1 Å². The summed E-state index contributed by atoms with van der Waals surface area (Å²) in [5.74, 6) is 0.165. The summed E-state index contributed by atoms with van der Waals surface area (Å²) in [7, 11) is 0. The van der Waals surface area contributed by atoms with Gasteiger partial charge in [0.2, 0.25) is 5.91 Å². The highest BCUT2D eigenvalue weighted by Gasteiger charge is 2.17. The second kappa shape index (κ2) is 8.05. The summed E-state index contributed by atoms with van der Waals surface area (Å²) in [4.78, 5) is 29.8. The number of para-hydroxylation sites is 1. The van der Waals surface area contributed by atoms with Crippen molar-refractivity contribution in [1.29, 1.82) is 0 Å². The van der Waals surface area contributed by atoms with E-state index in [0.29, 0.717) is 15.4 Å². The molecule has 136 valence electrons. The molecule has 0 aliphatic heterocycles. The van der Waals surface area contributed by atoms with E-state index < -0.39 is 0 Å². The van der Waals surface area contributed by atoms with Crippen molar-refractivity contribution in [3.05, 3.63) is 51.6 Å². The third-order valence-electron chi connectivity index (χ3n) is 4.16. The fraction of sp³-hybridized carbons (Fsp3) is 0.316. The summed E-state index contributed by atoms with van der Waals surface area (Å²) >= 11 is 2.68. The number of hydrogen-bond donors (Lipinski definition) is 1. The quantitative estimate of drug-likeness (QED) is 0.517. The van der Waals surface area contributed by atoms with Gasteiger partial charge in [-0.2, -0.15) is 0 Å². The summed E-state index contributed by atoms with van der Waals surface area (Å²) < 4.78 is 2.25. The number of benzene rings is 1. The van der Waals surface area contributed by atoms with Gasteiger partial charge in [-0.3, -0.25) is 14.2 Å². The molecule has 3 aromatic rings. The van der Waals surface area contributed by atoms with Crippen molar-refractivity contribution < 1.29 is 4.79 Å². The minimum absolute atomic E-state index is 0.0552. The van der Waals surface area contributed by atoms with Gasteiger partial charge in [-0.05, 0) is 43.3 Å². The smallest absolute Gasteiger partial charge is 0.276 e. The van der Waals surface area contributed by atoms with Crippen LogP contribution in [0.5, 0.6) is 0 Å². The number of hydrogen-bond acceptors (Lipinski definition) is 5. The van der Waals surface area contributed by atoms with Crippen LogP contribution in [-0.4, -0.2) is 27.3 Å². The van der Waals surface area contributed by atoms with Crippen LogP contribution in [0.3, 0.4) is 0 Å². The molecule has 0 fully saturated rings. The van der Waals surface area contributed by atoms with Gasteiger partial charge in [-0.1, -0.05) is 36.9 Å². The molecule has 3 rings (SSSR count). The third kappa shape index (κ3) is 3.83. The number of rotatable bonds is 6. The summed E-state index contributed by atoms with van der Waals surface area (Å²) in [6.45, 7) is 5.96. The van der Waals surface area contributed by atoms with Crippen molar-refractivity contribution in [2.75, 3.05) is 5.75 Å². The highest BCUT2D eigenvalue weighted by Crippen LogP contribution is 2.24. The molecule has 0 aliphatic carbocycles. The van der Waals surface area contributed by atoms with Crippen molar-refractivity contribution in [2.45, 2.75) is 38.4 Å². The van der Waals surface area contributed by atoms with Gasteiger partial charge in [0.15, 0.2) is 5.16 Å². The van der Waals surface area contributed by atoms with Crippen molar-refractivity contribution in [2.24, 2.45) is 0 Å². The molecule has 0 bridgehead atoms. The van der Waals surface area contributed by atoms with E-state index in [1.54, 1.807) is 4.57 Å². The molecule has 7 heteroatoms. The molecule has 2 aromatic heterocycles. The highest BCUT2D eigenvalue weighted by molar-refractivity contribution is 7.99. The fourth-order valence-electron chi connectivity index (χ4n) is 2.56. The number of aryl methyl sites for hydroxylation is 1. The second-order valence-corrected chi connectivity index (χ2v) is 7.98. The maximum Gasteiger partial charge on any atom is 0.276 e. The number of carbonyl (C=O) groups excluding carboxylic acids is 1. The minimum Gasteiger partial charge on any atom is -0.353 e. The van der Waals surface area contributed by atoms with Crippen LogP contribution in [0.2, 0.25) is 0 Å². The summed E-state index contributed by atoms with van der Waals surface area (Å²) in [5.41, 5.74) is 2.36. The Kier molecular flexibility index (Phi) is 5.78. The third-order valence-corrected chi connectivity index (χ3v) is 5.99. The largest absolute Gasteiger partial charge is 0.353 e. The van der Waals surface area contributed by atoms with Crippen LogP contribution in [0.15, 0.2) is 45.7 Å². The van der Waals surface area contributed by atoms with Gasteiger partial charge in [0.25, 0.3) is 5.56 Å². The minimum atomic E-state index is -0.0934. The summed E-state index contributed by atoms with van der Waals surface area (Å²) in [5, 5.41) is 5.35. The normalized spacial score (nSPS) is 12.3. The Balaban J connectivity index is 2.01. The Bertz CT molecular complexity index is 994. The number of thioether (sulfide) groups is 1. The van der Waals surface area contributed by atoms with Gasteiger partial charge >= 0.3 is 0 Å². The lowest BCUT2D eigenvalue weighted by atomic mass is 10.2. The van der Waals surface area contributed by atoms with E-state index in [9.17, 15) is 9.59 Å². The topological polar surface area (TPSA) is 64.0 Å². The average Bonchev–Trinajstić information content (AvgIpc) is 3.10. The summed E-state index contributed by atoms with van der Waals surface area (Å²) in [6, 6.07) is 9.68. The molecule has 1 amide bonds. The van der Waals surface area contributed by atoms with E-state index >= 15 is 0 Å². The first kappa shape index (κ1) is 18.7. The molecule has 0 saturated heterocycles. The zero-order chi connectivity index (χ0) is 18.7. The first-order valence-electron chi connectivity index (χ1n) is 8.49. The standard InChI is InChI=1S/C19H21N3O2S2/c1-4-13(3)20-16(23)11-26-19-21-14-9-10-25-17(14)18(24)22(19)15-8-6-5-7-12(15)2/h5-10,13H,4,11H2,1-3H3,(H,20,23)/t13-/m0/s1. The SMILES string of the molecule is CC[C@H](C)NC(=O)CSc1nc2ccsc2c(=O)n1-c1ccccc1C. The molecular weight excluding hydrogens is 366 g/mol. The van der Waals surface area contributed by atoms with Crippen LogP contribution in [0, 0.1) is 6.92 Å². The number of amides is 1. The van der Waals surface area contributed by atoms with E-state index in [2.05, 4.69) is 10.3 Å². The Labute approximate surface area is 160 Å². The van der Waals surface area contributed by atoms with Gasteiger partial charge in [0.1, 0.15) is 4.70 Å². The van der Waals surface area contributed by atoms with Crippen molar-refractivity contribution >= 4 is 39.2 Å². The van der Waals surface area contributed by atoms with Gasteiger partial charge in [-0.25, -0.2) is 4.98 Å². The molecule has 0 spiro atoms. The van der Waals surface area contributed by atoms with Gasteiger partial charge in [0, 0.05) is 6.04 Å². The average molecular weight is 388 g/mol. The van der Waals surface area contributed by atoms with Crippen molar-refractivity contribution in [1.82, 2.24) is 14.9 Å². The van der Waals surface area contributed by atoms with E-state index in [0.717, 1.165) is 17.7 Å². The van der Waals surface area contributed by atoms with Crippen LogP contribution in [0.25, 0.3) is 15.9 Å². The number of fused-ring (bicyclic) bond motifs is 1. The van der Waals surface area contributed by atoms with Gasteiger partial charge in [0.05, 0.1) is 17.0 Å². The molecule has 0 radical (unpaired) electrons. The molecule has 1 atom stereocenters. The van der Waals surface area contributed by atoms with E-state index in [1.807, 2.05) is 56.5 Å². The molecule has 0 saturated carbocycles. The van der Waals surface area contributed by atoms with Crippen LogP contribution in [-0.2, 0) is 4.79 Å². The number of nitrogens with zero attached hydrogens (tertiary/aromatic N) is 2. The Hall–Kier alpha value is -2.12. The van der Waals surface area contributed by atoms with E-state index in [4.69, 9.17) is 0 Å². The first-order valence-corrected chi connectivity index (χ1v) is 10.4. The maximum atomic E-state index is 13.1. The Morgan fingerprint density at radius 1 is 1.35 bits per heavy atom. The Morgan fingerprint density at radius 2 is 2.12 bits per heavy atom. The number of thiophene rings is 1. The van der Waals surface area contributed by atoms with Crippen LogP contribution < -0.4 is 10.9 Å². The van der Waals surface area contributed by atoms with Crippen molar-refractivity contribution in [3.8, 4) is 5.69 Å². The number of carbonyl (C=O) groups is 1. The predicted octanol–water partition coefficient (Wildman–Crippen LogP) is 3.76. The molecule has 1 N–H and O–H groups in total. The molecule has 0 unspecified atom stereocenters. The zero-order valence-corrected chi connectivity index (χ0v) is 16.6. The lowest BCUT2D eigenvalue weighted by Gasteiger charge is -2.15. The summed E-state index contributed by atoms with van der Waals surface area (Å²) in [6.07, 6.45) is 0.878. The molecule has 2 heterocycles. The zero-order valence-electron chi connectivity index (χ0n) is 15.0. The van der Waals surface area contributed by atoms with Crippen LogP contribution in [0.1, 0.15) is 25.8 Å². The lowest BCUT2D eigenvalue weighted by Crippen LogP contribution is -2.33. The fourth-order valence-corrected chi connectivity index (χ4v) is 4.14. The maximum absolute atomic E-state index is 13.1. The lowest BCUT2D eigenvalue weighted by molar-refractivity contribution is -0.119. The molecule has 1 aromatic carbocycles. The number of nitrogens with one attached hydrogen (secondary N) is 1. The van der Waals surface area contributed by atoms with E-state index in [-0.39, 0.29) is 23.3 Å². The molecule has 5 nitrogen and oxygen atoms in total. The van der Waals surface area contributed by atoms with Gasteiger partial charge < -0.3 is 5.32 Å². The monoisotopic (exact) mass is 387 g/mol. The molecular formula is C19H21N3O2S2. The van der Waals surface area contributed by atoms with Gasteiger partial charge in [-0.15, -0.1) is 11.3 Å².